The first kappa shape index (κ1) is 18.6. The molecule has 0 aliphatic carbocycles. The fraction of sp³-hybridized carbons (Fsp3) is 0.304. The molecule has 4 nitrogen and oxygen atoms in total. The van der Waals surface area contributed by atoms with Gasteiger partial charge in [0.25, 0.3) is 5.91 Å². The average molecular weight is 423 g/mol. The summed E-state index contributed by atoms with van der Waals surface area (Å²) in [5.41, 5.74) is 3.05. The van der Waals surface area contributed by atoms with Gasteiger partial charge in [0.05, 0.1) is 6.04 Å². The Morgan fingerprint density at radius 3 is 2.59 bits per heavy atom. The second-order valence-corrected chi connectivity index (χ2v) is 9.56. The lowest BCUT2D eigenvalue weighted by Crippen LogP contribution is -2.39. The van der Waals surface area contributed by atoms with E-state index in [1.807, 2.05) is 34.1 Å². The Kier molecular flexibility index (Phi) is 4.97. The number of rotatable bonds is 4. The molecule has 0 bridgehead atoms. The van der Waals surface area contributed by atoms with Gasteiger partial charge in [0.2, 0.25) is 5.91 Å². The maximum Gasteiger partial charge on any atom is 0.254 e. The SMILES string of the molecule is O=C1CCCN1Cc1ccc(C(=O)N2CCc3sccc3C2c2cccs2)cc1. The third kappa shape index (κ3) is 3.51. The number of benzene rings is 1. The highest BCUT2D eigenvalue weighted by molar-refractivity contribution is 7.10. The van der Waals surface area contributed by atoms with E-state index in [2.05, 4.69) is 29.0 Å². The first-order valence-corrected chi connectivity index (χ1v) is 11.7. The van der Waals surface area contributed by atoms with Gasteiger partial charge in [0.1, 0.15) is 0 Å². The maximum absolute atomic E-state index is 13.4. The van der Waals surface area contributed by atoms with E-state index in [4.69, 9.17) is 0 Å². The average Bonchev–Trinajstić information content (AvgIpc) is 3.50. The molecular weight excluding hydrogens is 400 g/mol. The molecule has 29 heavy (non-hydrogen) atoms. The monoisotopic (exact) mass is 422 g/mol. The lowest BCUT2D eigenvalue weighted by molar-refractivity contribution is -0.128. The van der Waals surface area contributed by atoms with Crippen molar-refractivity contribution < 1.29 is 9.59 Å². The summed E-state index contributed by atoms with van der Waals surface area (Å²) in [5, 5.41) is 4.21. The summed E-state index contributed by atoms with van der Waals surface area (Å²) in [4.78, 5) is 31.8. The summed E-state index contributed by atoms with van der Waals surface area (Å²) in [6, 6.07) is 14.1. The molecule has 2 aromatic heterocycles. The van der Waals surface area contributed by atoms with Gasteiger partial charge in [-0.05, 0) is 59.0 Å². The molecule has 4 heterocycles. The zero-order chi connectivity index (χ0) is 19.8. The highest BCUT2D eigenvalue weighted by Crippen LogP contribution is 2.40. The van der Waals surface area contributed by atoms with Crippen LogP contribution in [0.15, 0.2) is 53.2 Å². The molecule has 3 aromatic rings. The van der Waals surface area contributed by atoms with Crippen LogP contribution in [0.2, 0.25) is 0 Å². The zero-order valence-electron chi connectivity index (χ0n) is 16.0. The quantitative estimate of drug-likeness (QED) is 0.610. The predicted molar refractivity (Wildman–Crippen MR) is 116 cm³/mol. The summed E-state index contributed by atoms with van der Waals surface area (Å²) >= 11 is 3.49. The van der Waals surface area contributed by atoms with Crippen LogP contribution in [-0.2, 0) is 17.8 Å². The van der Waals surface area contributed by atoms with Gasteiger partial charge in [-0.25, -0.2) is 0 Å². The van der Waals surface area contributed by atoms with E-state index in [0.717, 1.165) is 31.5 Å². The third-order valence-corrected chi connectivity index (χ3v) is 7.71. The summed E-state index contributed by atoms with van der Waals surface area (Å²) in [6.45, 7) is 2.20. The van der Waals surface area contributed by atoms with E-state index in [-0.39, 0.29) is 17.9 Å². The highest BCUT2D eigenvalue weighted by atomic mass is 32.1. The molecule has 1 unspecified atom stereocenters. The molecular formula is C23H22N2O2S2. The van der Waals surface area contributed by atoms with Gasteiger partial charge >= 0.3 is 0 Å². The maximum atomic E-state index is 13.4. The van der Waals surface area contributed by atoms with Crippen molar-refractivity contribution in [2.75, 3.05) is 13.1 Å². The summed E-state index contributed by atoms with van der Waals surface area (Å²) < 4.78 is 0. The second kappa shape index (κ2) is 7.76. The Bertz CT molecular complexity index is 1020. The highest BCUT2D eigenvalue weighted by Gasteiger charge is 2.33. The van der Waals surface area contributed by atoms with Crippen molar-refractivity contribution in [1.29, 1.82) is 0 Å². The molecule has 1 aromatic carbocycles. The molecule has 2 aliphatic rings. The third-order valence-electron chi connectivity index (χ3n) is 5.79. The molecule has 1 atom stereocenters. The van der Waals surface area contributed by atoms with Crippen molar-refractivity contribution in [2.45, 2.75) is 31.8 Å². The van der Waals surface area contributed by atoms with Crippen LogP contribution in [0, 0.1) is 0 Å². The van der Waals surface area contributed by atoms with Crippen LogP contribution in [0.25, 0.3) is 0 Å². The molecule has 1 saturated heterocycles. The summed E-state index contributed by atoms with van der Waals surface area (Å²) in [7, 11) is 0. The van der Waals surface area contributed by atoms with Crippen molar-refractivity contribution in [3.8, 4) is 0 Å². The molecule has 0 spiro atoms. The first-order valence-electron chi connectivity index (χ1n) is 9.98. The zero-order valence-corrected chi connectivity index (χ0v) is 17.7. The second-order valence-electron chi connectivity index (χ2n) is 7.58. The van der Waals surface area contributed by atoms with Crippen LogP contribution in [0.5, 0.6) is 0 Å². The minimum Gasteiger partial charge on any atom is -0.338 e. The van der Waals surface area contributed by atoms with Crippen LogP contribution < -0.4 is 0 Å². The standard InChI is InChI=1S/C23H22N2O2S2/c26-21-4-1-11-24(21)15-16-5-7-17(8-6-16)23(27)25-12-9-19-18(10-14-29-19)22(25)20-3-2-13-28-20/h2-3,5-8,10,13-14,22H,1,4,9,11-12,15H2. The largest absolute Gasteiger partial charge is 0.338 e. The smallest absolute Gasteiger partial charge is 0.254 e. The number of thiophene rings is 2. The Balaban J connectivity index is 1.38. The molecule has 6 heteroatoms. The Morgan fingerprint density at radius 1 is 1.00 bits per heavy atom. The van der Waals surface area contributed by atoms with Crippen molar-refractivity contribution in [2.24, 2.45) is 0 Å². The van der Waals surface area contributed by atoms with E-state index in [9.17, 15) is 9.59 Å². The van der Waals surface area contributed by atoms with Crippen LogP contribution in [0.3, 0.4) is 0 Å². The van der Waals surface area contributed by atoms with Gasteiger partial charge < -0.3 is 9.80 Å². The van der Waals surface area contributed by atoms with E-state index < -0.39 is 0 Å². The number of hydrogen-bond donors (Lipinski definition) is 0. The van der Waals surface area contributed by atoms with E-state index in [1.54, 1.807) is 22.7 Å². The molecule has 148 valence electrons. The number of carbonyl (C=O) groups excluding carboxylic acids is 2. The Morgan fingerprint density at radius 2 is 1.86 bits per heavy atom. The van der Waals surface area contributed by atoms with Crippen molar-refractivity contribution in [3.63, 3.8) is 0 Å². The number of carbonyl (C=O) groups is 2. The Hall–Kier alpha value is -2.44. The van der Waals surface area contributed by atoms with E-state index >= 15 is 0 Å². The molecule has 1 fully saturated rings. The van der Waals surface area contributed by atoms with Crippen LogP contribution >= 0.6 is 22.7 Å². The van der Waals surface area contributed by atoms with Crippen LogP contribution in [0.4, 0.5) is 0 Å². The summed E-state index contributed by atoms with van der Waals surface area (Å²) in [5.74, 6) is 0.299. The van der Waals surface area contributed by atoms with Crippen molar-refractivity contribution in [1.82, 2.24) is 9.80 Å². The number of fused-ring (bicyclic) bond motifs is 1. The molecule has 5 rings (SSSR count). The van der Waals surface area contributed by atoms with Gasteiger partial charge in [-0.2, -0.15) is 0 Å². The fourth-order valence-electron chi connectivity index (χ4n) is 4.30. The number of amides is 2. The topological polar surface area (TPSA) is 40.6 Å². The van der Waals surface area contributed by atoms with Gasteiger partial charge in [-0.1, -0.05) is 18.2 Å². The van der Waals surface area contributed by atoms with E-state index in [1.165, 1.54) is 15.3 Å². The van der Waals surface area contributed by atoms with Gasteiger partial charge in [0.15, 0.2) is 0 Å². The minimum absolute atomic E-state index is 0.000557. The first-order chi connectivity index (χ1) is 14.2. The normalized spacial score (nSPS) is 18.9. The molecule has 0 saturated carbocycles. The van der Waals surface area contributed by atoms with Crippen LogP contribution in [-0.4, -0.2) is 34.7 Å². The summed E-state index contributed by atoms with van der Waals surface area (Å²) in [6.07, 6.45) is 2.51. The van der Waals surface area contributed by atoms with Gasteiger partial charge in [-0.3, -0.25) is 9.59 Å². The minimum atomic E-state index is -0.000557. The predicted octanol–water partition coefficient (Wildman–Crippen LogP) is 4.72. The van der Waals surface area contributed by atoms with Crippen molar-refractivity contribution >= 4 is 34.5 Å². The van der Waals surface area contributed by atoms with Gasteiger partial charge in [0, 0.05) is 41.4 Å². The van der Waals surface area contributed by atoms with Gasteiger partial charge in [-0.15, -0.1) is 22.7 Å². The number of nitrogens with zero attached hydrogens (tertiary/aromatic N) is 2. The number of hydrogen-bond acceptors (Lipinski definition) is 4. The lowest BCUT2D eigenvalue weighted by Gasteiger charge is -2.35. The van der Waals surface area contributed by atoms with Crippen molar-refractivity contribution in [3.05, 3.63) is 79.7 Å². The molecule has 2 amide bonds. The molecule has 0 radical (unpaired) electrons. The lowest BCUT2D eigenvalue weighted by atomic mass is 9.97. The van der Waals surface area contributed by atoms with Crippen LogP contribution in [0.1, 0.15) is 50.1 Å². The Labute approximate surface area is 178 Å². The number of likely N-dealkylation sites (tertiary alicyclic amines) is 1. The van der Waals surface area contributed by atoms with E-state index in [0.29, 0.717) is 18.5 Å². The molecule has 2 aliphatic heterocycles. The fourth-order valence-corrected chi connectivity index (χ4v) is 6.06. The molecule has 0 N–H and O–H groups in total.